The predicted octanol–water partition coefficient (Wildman–Crippen LogP) is 4.34. The summed E-state index contributed by atoms with van der Waals surface area (Å²) in [6, 6.07) is 0. The van der Waals surface area contributed by atoms with Crippen molar-refractivity contribution in [1.82, 2.24) is 0 Å². The molecule has 0 bridgehead atoms. The minimum atomic E-state index is -5.57. The molecule has 0 heterocycles. The summed E-state index contributed by atoms with van der Waals surface area (Å²) in [5.41, 5.74) is -5.40. The molecule has 0 aliphatic heterocycles. The fraction of sp³-hybridized carbons (Fsp3) is 0.909. The molecule has 0 aromatic rings. The van der Waals surface area contributed by atoms with E-state index in [9.17, 15) is 21.6 Å². The molecule has 3 unspecified atom stereocenters. The van der Waals surface area contributed by atoms with E-state index in [1.54, 1.807) is 0 Å². The molecule has 4 aliphatic carbocycles. The third-order valence-corrected chi connectivity index (χ3v) is 11.4. The second kappa shape index (κ2) is 7.84. The largest absolute Gasteiger partial charge is 0.523 e. The Labute approximate surface area is 187 Å². The van der Waals surface area contributed by atoms with E-state index in [0.29, 0.717) is 23.7 Å². The molecule has 31 heavy (non-hydrogen) atoms. The number of fused-ring (bicyclic) bond motifs is 5. The average Bonchev–Trinajstić information content (AvgIpc) is 3.03. The molecule has 0 radical (unpaired) electrons. The van der Waals surface area contributed by atoms with Crippen LogP contribution in [0.1, 0.15) is 65.7 Å². The number of rotatable bonds is 4. The van der Waals surface area contributed by atoms with Crippen molar-refractivity contribution in [2.45, 2.75) is 83.4 Å². The Hall–Kier alpha value is -0.383. The van der Waals surface area contributed by atoms with E-state index in [4.69, 9.17) is 8.61 Å². The van der Waals surface area contributed by atoms with Crippen LogP contribution in [-0.4, -0.2) is 36.6 Å². The SMILES string of the molecule is CC(OS(=O)(=O)C(F)(F)F)[C@H]1CC[C@H]2[C@@H]3CCC4CC(O[SiH3])C=C[C@]4(C)[C@H]3CC[C@]12C. The van der Waals surface area contributed by atoms with Crippen molar-refractivity contribution in [3.8, 4) is 0 Å². The van der Waals surface area contributed by atoms with Gasteiger partial charge in [0.2, 0.25) is 0 Å². The number of allylic oxidation sites excluding steroid dienone is 1. The maximum absolute atomic E-state index is 12.9. The molecule has 9 heteroatoms. The summed E-state index contributed by atoms with van der Waals surface area (Å²) < 4.78 is 72.2. The minimum Gasteiger partial charge on any atom is -0.422 e. The van der Waals surface area contributed by atoms with Gasteiger partial charge in [-0.15, -0.1) is 0 Å². The van der Waals surface area contributed by atoms with Crippen molar-refractivity contribution >= 4 is 20.6 Å². The van der Waals surface area contributed by atoms with Crippen molar-refractivity contribution in [2.75, 3.05) is 0 Å². The molecule has 0 aromatic heterocycles. The summed E-state index contributed by atoms with van der Waals surface area (Å²) in [4.78, 5) is 0. The van der Waals surface area contributed by atoms with E-state index in [1.165, 1.54) is 6.92 Å². The lowest BCUT2D eigenvalue weighted by Crippen LogP contribution is -2.53. The average molecular weight is 481 g/mol. The molecular weight excluding hydrogens is 445 g/mol. The zero-order chi connectivity index (χ0) is 22.8. The van der Waals surface area contributed by atoms with Gasteiger partial charge in [0.05, 0.1) is 12.2 Å². The fourth-order valence-electron chi connectivity index (χ4n) is 8.08. The molecular formula is C22H35F3O4SSi. The zero-order valence-corrected chi connectivity index (χ0v) is 21.6. The van der Waals surface area contributed by atoms with Crippen LogP contribution in [0.25, 0.3) is 0 Å². The summed E-state index contributed by atoms with van der Waals surface area (Å²) >= 11 is 0. The van der Waals surface area contributed by atoms with Gasteiger partial charge in [-0.2, -0.15) is 21.6 Å². The first kappa shape index (κ1) is 23.8. The van der Waals surface area contributed by atoms with E-state index in [0.717, 1.165) is 55.4 Å². The third-order valence-electron chi connectivity index (χ3n) is 9.66. The van der Waals surface area contributed by atoms with Crippen LogP contribution in [-0.2, 0) is 18.7 Å². The van der Waals surface area contributed by atoms with Gasteiger partial charge < -0.3 is 4.43 Å². The highest BCUT2D eigenvalue weighted by Gasteiger charge is 2.61. The highest BCUT2D eigenvalue weighted by atomic mass is 32.2. The molecule has 3 saturated carbocycles. The van der Waals surface area contributed by atoms with E-state index in [2.05, 4.69) is 26.0 Å². The lowest BCUT2D eigenvalue weighted by molar-refractivity contribution is -0.0969. The Morgan fingerprint density at radius 3 is 2.45 bits per heavy atom. The maximum Gasteiger partial charge on any atom is 0.523 e. The topological polar surface area (TPSA) is 52.6 Å². The van der Waals surface area contributed by atoms with Crippen molar-refractivity contribution in [2.24, 2.45) is 40.4 Å². The summed E-state index contributed by atoms with van der Waals surface area (Å²) in [5.74, 6) is 1.97. The molecule has 0 N–H and O–H groups in total. The minimum absolute atomic E-state index is 0.153. The maximum atomic E-state index is 12.9. The number of halogens is 3. The molecule has 0 amide bonds. The Kier molecular flexibility index (Phi) is 6.01. The quantitative estimate of drug-likeness (QED) is 0.260. The molecule has 0 saturated heterocycles. The summed E-state index contributed by atoms with van der Waals surface area (Å²) in [6.07, 6.45) is 11.0. The van der Waals surface area contributed by atoms with Crippen LogP contribution in [0.2, 0.25) is 0 Å². The van der Waals surface area contributed by atoms with Gasteiger partial charge in [-0.25, -0.2) is 0 Å². The van der Waals surface area contributed by atoms with E-state index >= 15 is 0 Å². The molecule has 4 nitrogen and oxygen atoms in total. The number of hydrogen-bond acceptors (Lipinski definition) is 4. The monoisotopic (exact) mass is 480 g/mol. The van der Waals surface area contributed by atoms with Crippen molar-refractivity contribution in [3.05, 3.63) is 12.2 Å². The molecule has 3 fully saturated rings. The highest BCUT2D eigenvalue weighted by Crippen LogP contribution is 2.67. The normalized spacial score (nSPS) is 46.3. The molecule has 0 spiro atoms. The first-order valence-electron chi connectivity index (χ1n) is 11.5. The molecule has 178 valence electrons. The highest BCUT2D eigenvalue weighted by molar-refractivity contribution is 7.87. The standard InChI is InChI=1S/C22H35F3O4SSi/c1-13(28-30(26,27)22(23,24)25)17-6-7-18-16-5-4-14-12-15(29-31)8-10-20(14,2)19(16)9-11-21(17,18)3/h8,10,13-19H,4-7,9,11-12H2,1-3,31H3/t13?,14?,15?,16-,17+,18-,19-,20-,21+/m0/s1. The first-order valence-corrected chi connectivity index (χ1v) is 13.8. The smallest absolute Gasteiger partial charge is 0.422 e. The van der Waals surface area contributed by atoms with Crippen LogP contribution in [0.4, 0.5) is 13.2 Å². The van der Waals surface area contributed by atoms with Gasteiger partial charge >= 0.3 is 15.6 Å². The van der Waals surface area contributed by atoms with Crippen molar-refractivity contribution in [1.29, 1.82) is 0 Å². The van der Waals surface area contributed by atoms with Gasteiger partial charge in [0, 0.05) is 0 Å². The van der Waals surface area contributed by atoms with E-state index < -0.39 is 21.7 Å². The summed E-state index contributed by atoms with van der Waals surface area (Å²) in [6.45, 7) is 6.07. The number of hydrogen-bond donors (Lipinski definition) is 0. The number of alkyl halides is 3. The summed E-state index contributed by atoms with van der Waals surface area (Å²) in [5, 5.41) is 0. The van der Waals surface area contributed by atoms with Gasteiger partial charge in [0.15, 0.2) is 0 Å². The molecule has 4 aliphatic rings. The van der Waals surface area contributed by atoms with Crippen LogP contribution in [0, 0.1) is 40.4 Å². The molecule has 9 atom stereocenters. The first-order chi connectivity index (χ1) is 14.3. The van der Waals surface area contributed by atoms with Crippen LogP contribution >= 0.6 is 0 Å². The second-order valence-corrected chi connectivity index (χ2v) is 12.9. The molecule has 0 aromatic carbocycles. The van der Waals surface area contributed by atoms with Crippen LogP contribution < -0.4 is 0 Å². The lowest BCUT2D eigenvalue weighted by atomic mass is 9.45. The summed E-state index contributed by atoms with van der Waals surface area (Å²) in [7, 11) is -4.83. The van der Waals surface area contributed by atoms with Crippen LogP contribution in [0.3, 0.4) is 0 Å². The fourth-order valence-corrected chi connectivity index (χ4v) is 9.08. The van der Waals surface area contributed by atoms with Crippen LogP contribution in [0.5, 0.6) is 0 Å². The Balaban J connectivity index is 1.54. The Bertz CT molecular complexity index is 831. The molecule has 4 rings (SSSR count). The second-order valence-electron chi connectivity index (χ2n) is 10.8. The van der Waals surface area contributed by atoms with Crippen molar-refractivity contribution in [3.63, 3.8) is 0 Å². The predicted molar refractivity (Wildman–Crippen MR) is 115 cm³/mol. The van der Waals surface area contributed by atoms with E-state index in [-0.39, 0.29) is 22.9 Å². The van der Waals surface area contributed by atoms with Crippen LogP contribution in [0.15, 0.2) is 12.2 Å². The lowest BCUT2D eigenvalue weighted by Gasteiger charge is -2.59. The van der Waals surface area contributed by atoms with Gasteiger partial charge in [-0.1, -0.05) is 26.0 Å². The van der Waals surface area contributed by atoms with E-state index in [1.807, 2.05) is 0 Å². The van der Waals surface area contributed by atoms with Crippen molar-refractivity contribution < 1.29 is 30.2 Å². The zero-order valence-electron chi connectivity index (χ0n) is 18.8. The van der Waals surface area contributed by atoms with Gasteiger partial charge in [0.1, 0.15) is 10.5 Å². The van der Waals surface area contributed by atoms with Gasteiger partial charge in [0.25, 0.3) is 0 Å². The Morgan fingerprint density at radius 2 is 1.81 bits per heavy atom. The van der Waals surface area contributed by atoms with Gasteiger partial charge in [-0.05, 0) is 92.3 Å². The third kappa shape index (κ3) is 3.75. The van der Waals surface area contributed by atoms with Gasteiger partial charge in [-0.3, -0.25) is 4.18 Å². The Morgan fingerprint density at radius 1 is 1.10 bits per heavy atom.